The molecule has 1 N–H and O–H groups in total. The molecule has 0 aromatic heterocycles. The van der Waals surface area contributed by atoms with Gasteiger partial charge in [0.1, 0.15) is 5.82 Å². The number of carbonyl (C=O) groups excluding carboxylic acids is 2. The van der Waals surface area contributed by atoms with Crippen LogP contribution in [0.1, 0.15) is 21.5 Å². The Hall–Kier alpha value is -3.60. The summed E-state index contributed by atoms with van der Waals surface area (Å²) in [4.78, 5) is 29.7. The molecular formula is C28H31FN4O4S. The first kappa shape index (κ1) is 27.4. The van der Waals surface area contributed by atoms with E-state index in [0.29, 0.717) is 24.3 Å². The predicted octanol–water partition coefficient (Wildman–Crippen LogP) is 3.35. The first-order chi connectivity index (χ1) is 18.1. The maximum atomic E-state index is 14.4. The van der Waals surface area contributed by atoms with Gasteiger partial charge in [-0.15, -0.1) is 0 Å². The normalized spacial score (nSPS) is 14.5. The molecular weight excluding hydrogens is 507 g/mol. The van der Waals surface area contributed by atoms with Gasteiger partial charge in [0.15, 0.2) is 0 Å². The van der Waals surface area contributed by atoms with E-state index in [4.69, 9.17) is 0 Å². The third-order valence-electron chi connectivity index (χ3n) is 6.49. The number of halogens is 1. The van der Waals surface area contributed by atoms with Crippen molar-refractivity contribution in [1.29, 1.82) is 0 Å². The Labute approximate surface area is 222 Å². The van der Waals surface area contributed by atoms with Gasteiger partial charge < -0.3 is 15.1 Å². The van der Waals surface area contributed by atoms with Crippen molar-refractivity contribution in [2.45, 2.75) is 18.4 Å². The third kappa shape index (κ3) is 6.63. The average Bonchev–Trinajstić information content (AvgIpc) is 2.90. The van der Waals surface area contributed by atoms with Crippen LogP contribution in [0.5, 0.6) is 0 Å². The van der Waals surface area contributed by atoms with Gasteiger partial charge in [0.05, 0.1) is 11.4 Å². The Morgan fingerprint density at radius 2 is 1.55 bits per heavy atom. The van der Waals surface area contributed by atoms with E-state index in [1.807, 2.05) is 14.0 Å². The highest BCUT2D eigenvalue weighted by atomic mass is 32.2. The van der Waals surface area contributed by atoms with Gasteiger partial charge in [-0.25, -0.2) is 12.8 Å². The molecule has 0 saturated carbocycles. The van der Waals surface area contributed by atoms with E-state index in [0.717, 1.165) is 23.0 Å². The number of sulfonamides is 1. The molecule has 0 aliphatic carbocycles. The predicted molar refractivity (Wildman–Crippen MR) is 144 cm³/mol. The zero-order valence-electron chi connectivity index (χ0n) is 21.4. The lowest BCUT2D eigenvalue weighted by Gasteiger charge is -2.32. The first-order valence-electron chi connectivity index (χ1n) is 12.3. The number of piperazine rings is 1. The molecule has 3 aromatic carbocycles. The molecule has 0 atom stereocenters. The zero-order chi connectivity index (χ0) is 27.3. The Balaban J connectivity index is 1.48. The number of amides is 2. The number of rotatable bonds is 8. The summed E-state index contributed by atoms with van der Waals surface area (Å²) >= 11 is 0. The Bertz CT molecular complexity index is 1390. The van der Waals surface area contributed by atoms with Crippen molar-refractivity contribution in [3.63, 3.8) is 0 Å². The average molecular weight is 539 g/mol. The fraction of sp³-hybridized carbons (Fsp3) is 0.286. The van der Waals surface area contributed by atoms with Gasteiger partial charge in [-0.1, -0.05) is 35.9 Å². The van der Waals surface area contributed by atoms with Gasteiger partial charge in [-0.2, -0.15) is 4.31 Å². The first-order valence-corrected chi connectivity index (χ1v) is 13.8. The molecule has 10 heteroatoms. The van der Waals surface area contributed by atoms with Crippen LogP contribution in [-0.4, -0.2) is 74.1 Å². The molecule has 1 fully saturated rings. The number of aryl methyl sites for hydroxylation is 1. The lowest BCUT2D eigenvalue weighted by molar-refractivity contribution is -0.116. The monoisotopic (exact) mass is 538 g/mol. The van der Waals surface area contributed by atoms with Crippen molar-refractivity contribution in [1.82, 2.24) is 14.1 Å². The molecule has 8 nitrogen and oxygen atoms in total. The second kappa shape index (κ2) is 11.8. The van der Waals surface area contributed by atoms with Crippen LogP contribution >= 0.6 is 0 Å². The fourth-order valence-electron chi connectivity index (χ4n) is 4.15. The van der Waals surface area contributed by atoms with Gasteiger partial charge in [-0.05, 0) is 56.4 Å². The van der Waals surface area contributed by atoms with Crippen molar-refractivity contribution < 1.29 is 22.4 Å². The van der Waals surface area contributed by atoms with Crippen LogP contribution in [0.2, 0.25) is 0 Å². The molecule has 1 aliphatic heterocycles. The molecule has 1 aliphatic rings. The van der Waals surface area contributed by atoms with E-state index in [-0.39, 0.29) is 22.9 Å². The summed E-state index contributed by atoms with van der Waals surface area (Å²) in [7, 11) is -2.09. The zero-order valence-corrected chi connectivity index (χ0v) is 22.2. The van der Waals surface area contributed by atoms with E-state index < -0.39 is 28.3 Å². The number of carbonyl (C=O) groups is 2. The fourth-order valence-corrected chi connectivity index (χ4v) is 5.53. The minimum absolute atomic E-state index is 0.0130. The summed E-state index contributed by atoms with van der Waals surface area (Å²) in [6.45, 7) is 3.94. The maximum absolute atomic E-state index is 14.4. The largest absolute Gasteiger partial charge is 0.336 e. The van der Waals surface area contributed by atoms with Crippen molar-refractivity contribution in [2.24, 2.45) is 0 Å². The topological polar surface area (TPSA) is 90.0 Å². The van der Waals surface area contributed by atoms with Crippen LogP contribution < -0.4 is 5.32 Å². The molecule has 3 aromatic rings. The summed E-state index contributed by atoms with van der Waals surface area (Å²) in [6, 6.07) is 18.6. The standard InChI is InChI=1S/C28H31FN4O4S/c1-21-7-13-25(14-8-21)38(36,37)33(19-23-5-3-4-6-26(23)29)20-27(34)30-24-11-9-22(10-12-24)28(35)32-17-15-31(2)16-18-32/h3-14H,15-20H2,1-2H3,(H,30,34). The molecule has 0 bridgehead atoms. The number of nitrogens with zero attached hydrogens (tertiary/aromatic N) is 3. The van der Waals surface area contributed by atoms with E-state index >= 15 is 0 Å². The highest BCUT2D eigenvalue weighted by Gasteiger charge is 2.28. The molecule has 0 unspecified atom stereocenters. The summed E-state index contributed by atoms with van der Waals surface area (Å²) in [6.07, 6.45) is 0. The van der Waals surface area contributed by atoms with Crippen molar-refractivity contribution in [3.05, 3.63) is 95.3 Å². The third-order valence-corrected chi connectivity index (χ3v) is 8.30. The highest BCUT2D eigenvalue weighted by Crippen LogP contribution is 2.21. The Morgan fingerprint density at radius 1 is 0.921 bits per heavy atom. The number of benzene rings is 3. The second-order valence-corrected chi connectivity index (χ2v) is 11.3. The smallest absolute Gasteiger partial charge is 0.253 e. The molecule has 38 heavy (non-hydrogen) atoms. The van der Waals surface area contributed by atoms with Gasteiger partial charge in [-0.3, -0.25) is 9.59 Å². The summed E-state index contributed by atoms with van der Waals surface area (Å²) in [5.74, 6) is -1.22. The van der Waals surface area contributed by atoms with Gasteiger partial charge in [0, 0.05) is 49.5 Å². The number of likely N-dealkylation sites (N-methyl/N-ethyl adjacent to an activating group) is 1. The number of anilines is 1. The van der Waals surface area contributed by atoms with Crippen molar-refractivity contribution >= 4 is 27.5 Å². The van der Waals surface area contributed by atoms with E-state index in [9.17, 15) is 22.4 Å². The maximum Gasteiger partial charge on any atom is 0.253 e. The SMILES string of the molecule is Cc1ccc(S(=O)(=O)N(CC(=O)Nc2ccc(C(=O)N3CCN(C)CC3)cc2)Cc2ccccc2F)cc1. The minimum Gasteiger partial charge on any atom is -0.336 e. The van der Waals surface area contributed by atoms with Crippen LogP contribution in [0.4, 0.5) is 10.1 Å². The van der Waals surface area contributed by atoms with Gasteiger partial charge >= 0.3 is 0 Å². The van der Waals surface area contributed by atoms with Crippen molar-refractivity contribution in [3.8, 4) is 0 Å². The molecule has 0 spiro atoms. The molecule has 0 radical (unpaired) electrons. The molecule has 4 rings (SSSR count). The summed E-state index contributed by atoms with van der Waals surface area (Å²) < 4.78 is 42.2. The van der Waals surface area contributed by atoms with Gasteiger partial charge in [0.2, 0.25) is 15.9 Å². The van der Waals surface area contributed by atoms with Crippen molar-refractivity contribution in [2.75, 3.05) is 45.1 Å². The van der Waals surface area contributed by atoms with Crippen LogP contribution in [0.15, 0.2) is 77.7 Å². The second-order valence-electron chi connectivity index (χ2n) is 9.40. The Morgan fingerprint density at radius 3 is 2.18 bits per heavy atom. The number of nitrogens with one attached hydrogen (secondary N) is 1. The summed E-state index contributed by atoms with van der Waals surface area (Å²) in [5.41, 5.74) is 1.97. The van der Waals surface area contributed by atoms with Crippen LogP contribution in [-0.2, 0) is 21.4 Å². The van der Waals surface area contributed by atoms with E-state index in [2.05, 4.69) is 10.2 Å². The highest BCUT2D eigenvalue weighted by molar-refractivity contribution is 7.89. The van der Waals surface area contributed by atoms with Gasteiger partial charge in [0.25, 0.3) is 5.91 Å². The lowest BCUT2D eigenvalue weighted by Crippen LogP contribution is -2.47. The van der Waals surface area contributed by atoms with Crippen LogP contribution in [0, 0.1) is 12.7 Å². The molecule has 2 amide bonds. The van der Waals surface area contributed by atoms with Crippen LogP contribution in [0.3, 0.4) is 0 Å². The van der Waals surface area contributed by atoms with E-state index in [1.54, 1.807) is 47.4 Å². The quantitative estimate of drug-likeness (QED) is 0.475. The molecule has 200 valence electrons. The number of hydrogen-bond donors (Lipinski definition) is 1. The summed E-state index contributed by atoms with van der Waals surface area (Å²) in [5, 5.41) is 2.69. The molecule has 1 heterocycles. The van der Waals surface area contributed by atoms with Crippen LogP contribution in [0.25, 0.3) is 0 Å². The van der Waals surface area contributed by atoms with E-state index in [1.165, 1.54) is 30.3 Å². The minimum atomic E-state index is -4.10. The number of hydrogen-bond acceptors (Lipinski definition) is 5. The lowest BCUT2D eigenvalue weighted by atomic mass is 10.1. The molecule has 1 saturated heterocycles. The Kier molecular flexibility index (Phi) is 8.55.